The zero-order valence-electron chi connectivity index (χ0n) is 9.04. The zero-order valence-corrected chi connectivity index (χ0v) is 9.04. The van der Waals surface area contributed by atoms with E-state index >= 15 is 0 Å². The van der Waals surface area contributed by atoms with Gasteiger partial charge >= 0.3 is 0 Å². The third-order valence-corrected chi connectivity index (χ3v) is 2.61. The minimum Gasteiger partial charge on any atom is -0.618 e. The molecule has 0 aliphatic carbocycles. The first-order chi connectivity index (χ1) is 7.54. The second-order valence-corrected chi connectivity index (χ2v) is 3.72. The highest BCUT2D eigenvalue weighted by atomic mass is 16.5. The number of para-hydroxylation sites is 2. The number of aromatic nitrogens is 2. The van der Waals surface area contributed by atoms with Crippen LogP contribution in [0.4, 0.5) is 0 Å². The molecule has 0 radical (unpaired) electrons. The van der Waals surface area contributed by atoms with E-state index in [0.717, 1.165) is 0 Å². The highest BCUT2D eigenvalue weighted by Crippen LogP contribution is 2.13. The Labute approximate surface area is 92.4 Å². The van der Waals surface area contributed by atoms with Gasteiger partial charge in [0.25, 0.3) is 22.4 Å². The second kappa shape index (κ2) is 3.61. The van der Waals surface area contributed by atoms with Crippen LogP contribution in [0, 0.1) is 17.3 Å². The molecule has 1 N–H and O–H groups in total. The van der Waals surface area contributed by atoms with E-state index in [2.05, 4.69) is 0 Å². The van der Waals surface area contributed by atoms with Crippen LogP contribution in [0.3, 0.4) is 0 Å². The molecular weight excluding hydrogens is 208 g/mol. The van der Waals surface area contributed by atoms with Crippen LogP contribution in [0.25, 0.3) is 11.0 Å². The average Bonchev–Trinajstić information content (AvgIpc) is 2.26. The third-order valence-electron chi connectivity index (χ3n) is 2.61. The Kier molecular flexibility index (Phi) is 2.40. The van der Waals surface area contributed by atoms with Crippen LogP contribution in [0.15, 0.2) is 24.3 Å². The van der Waals surface area contributed by atoms with E-state index in [1.807, 2.05) is 0 Å². The van der Waals surface area contributed by atoms with Crippen molar-refractivity contribution in [2.45, 2.75) is 20.0 Å². The van der Waals surface area contributed by atoms with Gasteiger partial charge in [-0.05, 0) is 6.92 Å². The Morgan fingerprint density at radius 1 is 1.12 bits per heavy atom. The van der Waals surface area contributed by atoms with Gasteiger partial charge in [-0.1, -0.05) is 12.1 Å². The smallest absolute Gasteiger partial charge is 0.290 e. The van der Waals surface area contributed by atoms with E-state index in [1.54, 1.807) is 24.3 Å². The molecule has 84 valence electrons. The van der Waals surface area contributed by atoms with E-state index in [4.69, 9.17) is 0 Å². The Morgan fingerprint density at radius 3 is 2.12 bits per heavy atom. The maximum atomic E-state index is 11.9. The van der Waals surface area contributed by atoms with Crippen molar-refractivity contribution in [3.8, 4) is 0 Å². The molecule has 2 rings (SSSR count). The Morgan fingerprint density at radius 2 is 1.62 bits per heavy atom. The summed E-state index contributed by atoms with van der Waals surface area (Å²) < 4.78 is 1.29. The van der Waals surface area contributed by atoms with E-state index in [9.17, 15) is 15.5 Å². The number of aliphatic hydroxyl groups excluding tert-OH is 1. The van der Waals surface area contributed by atoms with E-state index < -0.39 is 6.10 Å². The summed E-state index contributed by atoms with van der Waals surface area (Å²) in [5.41, 5.74) is 0.885. The molecule has 16 heavy (non-hydrogen) atoms. The minimum atomic E-state index is -0.970. The van der Waals surface area contributed by atoms with Gasteiger partial charge in [-0.2, -0.15) is 9.46 Å². The summed E-state index contributed by atoms with van der Waals surface area (Å²) in [6.45, 7) is 2.99. The van der Waals surface area contributed by atoms with E-state index in [0.29, 0.717) is 15.0 Å². The van der Waals surface area contributed by atoms with Gasteiger partial charge in [0, 0.05) is 19.1 Å². The lowest BCUT2D eigenvalue weighted by Gasteiger charge is -2.12. The molecule has 0 aliphatic rings. The number of nitrogens with zero attached hydrogens (tertiary/aromatic N) is 2. The number of fused-ring (bicyclic) bond motifs is 1. The summed E-state index contributed by atoms with van der Waals surface area (Å²) >= 11 is 0. The molecule has 0 saturated carbocycles. The van der Waals surface area contributed by atoms with Crippen LogP contribution < -0.4 is 9.46 Å². The zero-order chi connectivity index (χ0) is 11.9. The Bertz CT molecular complexity index is 552. The molecular formula is C11H12N2O3. The fourth-order valence-electron chi connectivity index (χ4n) is 1.84. The van der Waals surface area contributed by atoms with Crippen molar-refractivity contribution in [2.75, 3.05) is 0 Å². The Hall–Kier alpha value is -1.88. The lowest BCUT2D eigenvalue weighted by atomic mass is 10.2. The maximum absolute atomic E-state index is 11.9. The fourth-order valence-corrected chi connectivity index (χ4v) is 1.84. The lowest BCUT2D eigenvalue weighted by molar-refractivity contribution is -0.642. The molecule has 2 aromatic rings. The lowest BCUT2D eigenvalue weighted by Crippen LogP contribution is -2.45. The van der Waals surface area contributed by atoms with Gasteiger partial charge in [0.05, 0.1) is 0 Å². The summed E-state index contributed by atoms with van der Waals surface area (Å²) in [4.78, 5) is 0. The van der Waals surface area contributed by atoms with E-state index in [1.165, 1.54) is 13.8 Å². The van der Waals surface area contributed by atoms with Gasteiger partial charge in [-0.15, -0.1) is 0 Å². The third kappa shape index (κ3) is 1.37. The quantitative estimate of drug-likeness (QED) is 0.560. The van der Waals surface area contributed by atoms with Gasteiger partial charge in [-0.3, -0.25) is 0 Å². The monoisotopic (exact) mass is 220 g/mol. The number of hydrogen-bond donors (Lipinski definition) is 1. The average molecular weight is 220 g/mol. The topological polar surface area (TPSA) is 74.1 Å². The number of rotatable bonds is 1. The standard InChI is InChI=1S/C11H12N2O3/c1-7-11(8(2)14)13(16)10-6-4-3-5-9(10)12(7)15/h3-6,8,14H,1-2H3. The normalized spacial score (nSPS) is 12.9. The summed E-state index contributed by atoms with van der Waals surface area (Å²) in [5, 5.41) is 33.3. The predicted molar refractivity (Wildman–Crippen MR) is 57.2 cm³/mol. The number of hydrogen-bond acceptors (Lipinski definition) is 3. The van der Waals surface area contributed by atoms with Crippen molar-refractivity contribution in [3.63, 3.8) is 0 Å². The van der Waals surface area contributed by atoms with Crippen molar-refractivity contribution >= 4 is 11.0 Å². The van der Waals surface area contributed by atoms with Gasteiger partial charge in [0.1, 0.15) is 6.10 Å². The molecule has 0 bridgehead atoms. The van der Waals surface area contributed by atoms with Crippen molar-refractivity contribution < 1.29 is 14.6 Å². The van der Waals surface area contributed by atoms with Crippen LogP contribution in [-0.2, 0) is 0 Å². The molecule has 1 unspecified atom stereocenters. The first-order valence-corrected chi connectivity index (χ1v) is 4.96. The minimum absolute atomic E-state index is 0.0914. The predicted octanol–water partition coefficient (Wildman–Crippen LogP) is 0.468. The van der Waals surface area contributed by atoms with Gasteiger partial charge < -0.3 is 15.5 Å². The largest absolute Gasteiger partial charge is 0.618 e. The number of benzene rings is 1. The van der Waals surface area contributed by atoms with Crippen molar-refractivity contribution in [1.82, 2.24) is 0 Å². The fraction of sp³-hybridized carbons (Fsp3) is 0.273. The second-order valence-electron chi connectivity index (χ2n) is 3.72. The molecule has 1 atom stereocenters. The highest BCUT2D eigenvalue weighted by molar-refractivity contribution is 5.67. The van der Waals surface area contributed by atoms with Gasteiger partial charge in [0.2, 0.25) is 0 Å². The van der Waals surface area contributed by atoms with Crippen LogP contribution in [0.2, 0.25) is 0 Å². The summed E-state index contributed by atoms with van der Waals surface area (Å²) in [6, 6.07) is 6.51. The maximum Gasteiger partial charge on any atom is 0.290 e. The van der Waals surface area contributed by atoms with Crippen molar-refractivity contribution in [2.24, 2.45) is 0 Å². The summed E-state index contributed by atoms with van der Waals surface area (Å²) in [5.74, 6) is 0. The van der Waals surface area contributed by atoms with Crippen LogP contribution in [0.1, 0.15) is 24.4 Å². The molecule has 0 aliphatic heterocycles. The molecule has 0 saturated heterocycles. The van der Waals surface area contributed by atoms with Crippen molar-refractivity contribution in [3.05, 3.63) is 46.1 Å². The Balaban J connectivity index is 2.94. The SMILES string of the molecule is Cc1c(C(C)O)[n+]([O-])c2ccccc2[n+]1[O-]. The van der Waals surface area contributed by atoms with Crippen LogP contribution in [0.5, 0.6) is 0 Å². The first-order valence-electron chi connectivity index (χ1n) is 4.96. The molecule has 1 aromatic heterocycles. The van der Waals surface area contributed by atoms with Crippen LogP contribution in [-0.4, -0.2) is 5.11 Å². The van der Waals surface area contributed by atoms with Gasteiger partial charge in [-0.25, -0.2) is 0 Å². The highest BCUT2D eigenvalue weighted by Gasteiger charge is 2.27. The molecule has 0 amide bonds. The first kappa shape index (κ1) is 10.6. The summed E-state index contributed by atoms with van der Waals surface area (Å²) in [6.07, 6.45) is -0.970. The van der Waals surface area contributed by atoms with Crippen LogP contribution >= 0.6 is 0 Å². The molecule has 1 heterocycles. The molecule has 1 aromatic carbocycles. The molecule has 0 spiro atoms. The molecule has 5 heteroatoms. The molecule has 0 fully saturated rings. The van der Waals surface area contributed by atoms with E-state index in [-0.39, 0.29) is 16.9 Å². The summed E-state index contributed by atoms with van der Waals surface area (Å²) in [7, 11) is 0. The number of aliphatic hydroxyl groups is 1. The van der Waals surface area contributed by atoms with Crippen molar-refractivity contribution in [1.29, 1.82) is 0 Å². The van der Waals surface area contributed by atoms with Gasteiger partial charge in [0.15, 0.2) is 0 Å². The molecule has 5 nitrogen and oxygen atoms in total.